The molecule has 0 aliphatic heterocycles. The molecule has 26 heavy (non-hydrogen) atoms. The Hall–Kier alpha value is -2.04. The van der Waals surface area contributed by atoms with E-state index in [9.17, 15) is 28.1 Å². The van der Waals surface area contributed by atoms with Gasteiger partial charge < -0.3 is 10.6 Å². The van der Waals surface area contributed by atoms with Gasteiger partial charge in [-0.05, 0) is 18.2 Å². The number of hydrogen-bond donors (Lipinski definition) is 2. The summed E-state index contributed by atoms with van der Waals surface area (Å²) in [7, 11) is 0. The minimum atomic E-state index is -4.68. The minimum Gasteiger partial charge on any atom is -0.378 e. The number of carbonyl (C=O) groups is 1. The van der Waals surface area contributed by atoms with Gasteiger partial charge in [-0.3, -0.25) is 14.9 Å². The molecule has 0 spiro atoms. The molecule has 0 unspecified atom stereocenters. The first kappa shape index (κ1) is 20.3. The van der Waals surface area contributed by atoms with Crippen LogP contribution in [0, 0.1) is 10.1 Å². The van der Waals surface area contributed by atoms with Crippen LogP contribution < -0.4 is 10.6 Å². The first-order valence-corrected chi connectivity index (χ1v) is 8.49. The van der Waals surface area contributed by atoms with Crippen LogP contribution >= 0.6 is 34.5 Å². The van der Waals surface area contributed by atoms with Crippen molar-refractivity contribution in [1.82, 2.24) is 5.32 Å². The zero-order valence-electron chi connectivity index (χ0n) is 12.7. The summed E-state index contributed by atoms with van der Waals surface area (Å²) in [6.07, 6.45) is -4.68. The lowest BCUT2D eigenvalue weighted by atomic mass is 10.1. The Morgan fingerprint density at radius 2 is 1.92 bits per heavy atom. The quantitative estimate of drug-likeness (QED) is 0.393. The van der Waals surface area contributed by atoms with E-state index in [0.29, 0.717) is 10.4 Å². The Bertz CT molecular complexity index is 843. The summed E-state index contributed by atoms with van der Waals surface area (Å²) < 4.78 is 38.5. The molecule has 0 aliphatic carbocycles. The van der Waals surface area contributed by atoms with Crippen LogP contribution in [-0.4, -0.2) is 23.9 Å². The molecule has 12 heteroatoms. The van der Waals surface area contributed by atoms with Gasteiger partial charge in [0.2, 0.25) is 0 Å². The standard InChI is InChI=1S/C14H10Cl2F3N3O3S/c15-11-6-8(12(16)26-11)13(23)21-4-3-20-9-2-1-7(14(17,18)19)5-10(9)22(24)25/h1-2,5-6,20H,3-4H2,(H,21,23). The first-order chi connectivity index (χ1) is 12.1. The predicted molar refractivity (Wildman–Crippen MR) is 93.3 cm³/mol. The number of thiophene rings is 1. The van der Waals surface area contributed by atoms with Crippen LogP contribution in [0.2, 0.25) is 8.67 Å². The third-order valence-electron chi connectivity index (χ3n) is 3.15. The van der Waals surface area contributed by atoms with E-state index in [1.807, 2.05) is 0 Å². The number of benzene rings is 1. The van der Waals surface area contributed by atoms with Gasteiger partial charge in [-0.15, -0.1) is 11.3 Å². The van der Waals surface area contributed by atoms with Crippen LogP contribution in [0.5, 0.6) is 0 Å². The highest BCUT2D eigenvalue weighted by Crippen LogP contribution is 2.35. The number of anilines is 1. The number of nitrogens with one attached hydrogen (secondary N) is 2. The summed E-state index contributed by atoms with van der Waals surface area (Å²) in [4.78, 5) is 22.0. The molecule has 0 saturated heterocycles. The van der Waals surface area contributed by atoms with Crippen molar-refractivity contribution in [2.45, 2.75) is 6.18 Å². The first-order valence-electron chi connectivity index (χ1n) is 6.92. The third-order valence-corrected chi connectivity index (χ3v) is 4.64. The molecule has 0 bridgehead atoms. The molecule has 0 fully saturated rings. The minimum absolute atomic E-state index is 0.0490. The number of amides is 1. The van der Waals surface area contributed by atoms with E-state index in [1.165, 1.54) is 6.07 Å². The molecule has 0 atom stereocenters. The molecule has 0 radical (unpaired) electrons. The van der Waals surface area contributed by atoms with Crippen molar-refractivity contribution in [2.24, 2.45) is 0 Å². The molecule has 2 aromatic rings. The van der Waals surface area contributed by atoms with Gasteiger partial charge in [0.05, 0.1) is 20.4 Å². The zero-order chi connectivity index (χ0) is 19.5. The molecule has 0 aliphatic rings. The highest BCUT2D eigenvalue weighted by Gasteiger charge is 2.33. The van der Waals surface area contributed by atoms with E-state index in [-0.39, 0.29) is 28.7 Å². The van der Waals surface area contributed by atoms with E-state index in [1.54, 1.807) is 0 Å². The summed E-state index contributed by atoms with van der Waals surface area (Å²) in [6, 6.07) is 3.56. The second-order valence-electron chi connectivity index (χ2n) is 4.91. The van der Waals surface area contributed by atoms with E-state index in [2.05, 4.69) is 10.6 Å². The van der Waals surface area contributed by atoms with E-state index < -0.39 is 28.3 Å². The van der Waals surface area contributed by atoms with Crippen LogP contribution in [-0.2, 0) is 6.18 Å². The second kappa shape index (κ2) is 8.11. The van der Waals surface area contributed by atoms with Gasteiger partial charge in [-0.2, -0.15) is 13.2 Å². The van der Waals surface area contributed by atoms with E-state index in [4.69, 9.17) is 23.2 Å². The number of alkyl halides is 3. The van der Waals surface area contributed by atoms with Crippen LogP contribution in [0.3, 0.4) is 0 Å². The number of carbonyl (C=O) groups excluding carboxylic acids is 1. The Kier molecular flexibility index (Phi) is 6.32. The highest BCUT2D eigenvalue weighted by molar-refractivity contribution is 7.20. The zero-order valence-corrected chi connectivity index (χ0v) is 15.0. The number of nitrogens with zero attached hydrogens (tertiary/aromatic N) is 1. The Morgan fingerprint density at radius 3 is 2.46 bits per heavy atom. The Morgan fingerprint density at radius 1 is 1.23 bits per heavy atom. The molecule has 1 amide bonds. The van der Waals surface area contributed by atoms with Gasteiger partial charge >= 0.3 is 6.18 Å². The van der Waals surface area contributed by atoms with Crippen molar-refractivity contribution < 1.29 is 22.9 Å². The van der Waals surface area contributed by atoms with E-state index >= 15 is 0 Å². The maximum atomic E-state index is 12.6. The van der Waals surface area contributed by atoms with Crippen molar-refractivity contribution >= 4 is 51.8 Å². The lowest BCUT2D eigenvalue weighted by Gasteiger charge is -2.11. The van der Waals surface area contributed by atoms with Crippen molar-refractivity contribution in [2.75, 3.05) is 18.4 Å². The highest BCUT2D eigenvalue weighted by atomic mass is 35.5. The van der Waals surface area contributed by atoms with Gasteiger partial charge in [0.1, 0.15) is 10.0 Å². The van der Waals surface area contributed by atoms with Gasteiger partial charge in [0, 0.05) is 19.2 Å². The number of nitro groups is 1. The normalized spacial score (nSPS) is 11.3. The molecule has 2 N–H and O–H groups in total. The molecule has 2 rings (SSSR count). The lowest BCUT2D eigenvalue weighted by molar-refractivity contribution is -0.384. The molecular formula is C14H10Cl2F3N3O3S. The van der Waals surface area contributed by atoms with Crippen molar-refractivity contribution in [3.63, 3.8) is 0 Å². The van der Waals surface area contributed by atoms with Crippen molar-refractivity contribution in [3.8, 4) is 0 Å². The second-order valence-corrected chi connectivity index (χ2v) is 7.19. The van der Waals surface area contributed by atoms with Gasteiger partial charge in [0.15, 0.2) is 0 Å². The SMILES string of the molecule is O=C(NCCNc1ccc(C(F)(F)F)cc1[N+](=O)[O-])c1cc(Cl)sc1Cl. The van der Waals surface area contributed by atoms with E-state index in [0.717, 1.165) is 23.5 Å². The molecule has 1 aromatic carbocycles. The average Bonchev–Trinajstić information content (AvgIpc) is 2.88. The summed E-state index contributed by atoms with van der Waals surface area (Å²) in [5, 5.41) is 16.1. The van der Waals surface area contributed by atoms with Crippen molar-refractivity contribution in [1.29, 1.82) is 0 Å². The van der Waals surface area contributed by atoms with Gasteiger partial charge in [0.25, 0.3) is 11.6 Å². The van der Waals surface area contributed by atoms with Crippen molar-refractivity contribution in [3.05, 3.63) is 54.2 Å². The Balaban J connectivity index is 1.98. The number of rotatable bonds is 6. The molecule has 1 heterocycles. The fraction of sp³-hybridized carbons (Fsp3) is 0.214. The fourth-order valence-electron chi connectivity index (χ4n) is 1.97. The fourth-order valence-corrected chi connectivity index (χ4v) is 3.43. The van der Waals surface area contributed by atoms with Gasteiger partial charge in [-0.25, -0.2) is 0 Å². The summed E-state index contributed by atoms with van der Waals surface area (Å²) in [5.74, 6) is -0.484. The van der Waals surface area contributed by atoms with Crippen LogP contribution in [0.4, 0.5) is 24.5 Å². The molecule has 6 nitrogen and oxygen atoms in total. The monoisotopic (exact) mass is 427 g/mol. The summed E-state index contributed by atoms with van der Waals surface area (Å²) in [6.45, 7) is 0.105. The van der Waals surface area contributed by atoms with Gasteiger partial charge in [-0.1, -0.05) is 23.2 Å². The third kappa shape index (κ3) is 4.99. The van der Waals surface area contributed by atoms with Crippen LogP contribution in [0.15, 0.2) is 24.3 Å². The molecule has 140 valence electrons. The molecule has 0 saturated carbocycles. The molecular weight excluding hydrogens is 418 g/mol. The maximum absolute atomic E-state index is 12.6. The topological polar surface area (TPSA) is 84.3 Å². The van der Waals surface area contributed by atoms with Crippen LogP contribution in [0.25, 0.3) is 0 Å². The number of hydrogen-bond acceptors (Lipinski definition) is 5. The average molecular weight is 428 g/mol. The summed E-state index contributed by atoms with van der Waals surface area (Å²) in [5.41, 5.74) is -1.72. The largest absolute Gasteiger partial charge is 0.416 e. The Labute approximate surface area is 159 Å². The lowest BCUT2D eigenvalue weighted by Crippen LogP contribution is -2.28. The number of nitro benzene ring substituents is 1. The summed E-state index contributed by atoms with van der Waals surface area (Å²) >= 11 is 12.6. The maximum Gasteiger partial charge on any atom is 0.416 e. The molecule has 1 aromatic heterocycles. The smallest absolute Gasteiger partial charge is 0.378 e. The van der Waals surface area contributed by atoms with Crippen LogP contribution in [0.1, 0.15) is 15.9 Å². The number of halogens is 5. The predicted octanol–water partition coefficient (Wildman–Crippen LogP) is 4.82.